The number of rotatable bonds is 5. The Morgan fingerprint density at radius 2 is 0.870 bits per heavy atom. The van der Waals surface area contributed by atoms with Gasteiger partial charge in [-0.15, -0.1) is 0 Å². The lowest BCUT2D eigenvalue weighted by Crippen LogP contribution is -2.09. The van der Waals surface area contributed by atoms with Crippen LogP contribution in [0.3, 0.4) is 0 Å². The van der Waals surface area contributed by atoms with Crippen LogP contribution in [0, 0.1) is 0 Å². The molecule has 1 aromatic heterocycles. The van der Waals surface area contributed by atoms with Gasteiger partial charge >= 0.3 is 0 Å². The number of anilines is 3. The topological polar surface area (TPSA) is 8.17 Å². The van der Waals surface area contributed by atoms with Gasteiger partial charge in [-0.05, 0) is 105 Å². The molecule has 8 aromatic carbocycles. The van der Waals surface area contributed by atoms with Gasteiger partial charge in [-0.25, -0.2) is 0 Å². The lowest BCUT2D eigenvalue weighted by molar-refractivity contribution is 1.18. The largest absolute Gasteiger partial charge is 0.310 e. The lowest BCUT2D eigenvalue weighted by Gasteiger charge is -2.25. The summed E-state index contributed by atoms with van der Waals surface area (Å²) >= 11 is 0. The zero-order chi connectivity index (χ0) is 30.5. The van der Waals surface area contributed by atoms with E-state index in [0.717, 1.165) is 17.1 Å². The SMILES string of the molecule is c1ccc(N(c2ccccc2)c2ccc3c(ccc4cc(-c5ccc6c(c5)c5ccccc5n6-c5ccccc5)ccc43)c2)cc1. The van der Waals surface area contributed by atoms with Gasteiger partial charge in [0.15, 0.2) is 0 Å². The molecule has 0 N–H and O–H groups in total. The van der Waals surface area contributed by atoms with Gasteiger partial charge in [0.2, 0.25) is 0 Å². The van der Waals surface area contributed by atoms with E-state index in [1.54, 1.807) is 0 Å². The first-order valence-corrected chi connectivity index (χ1v) is 15.8. The number of benzene rings is 8. The van der Waals surface area contributed by atoms with E-state index in [0.29, 0.717) is 0 Å². The fourth-order valence-electron chi connectivity index (χ4n) is 6.99. The van der Waals surface area contributed by atoms with E-state index in [1.165, 1.54) is 60.2 Å². The van der Waals surface area contributed by atoms with E-state index in [9.17, 15) is 0 Å². The number of hydrogen-bond donors (Lipinski definition) is 0. The smallest absolute Gasteiger partial charge is 0.0541 e. The molecule has 0 aliphatic heterocycles. The molecule has 0 saturated carbocycles. The molecule has 1 heterocycles. The second kappa shape index (κ2) is 10.8. The first kappa shape index (κ1) is 26.3. The molecule has 0 unspecified atom stereocenters. The number of aromatic nitrogens is 1. The van der Waals surface area contributed by atoms with E-state index < -0.39 is 0 Å². The van der Waals surface area contributed by atoms with E-state index in [4.69, 9.17) is 0 Å². The van der Waals surface area contributed by atoms with Crippen LogP contribution >= 0.6 is 0 Å². The van der Waals surface area contributed by atoms with Crippen LogP contribution in [0.4, 0.5) is 17.1 Å². The van der Waals surface area contributed by atoms with Crippen molar-refractivity contribution in [2.45, 2.75) is 0 Å². The quantitative estimate of drug-likeness (QED) is 0.182. The first-order valence-electron chi connectivity index (χ1n) is 15.8. The van der Waals surface area contributed by atoms with Crippen molar-refractivity contribution in [3.63, 3.8) is 0 Å². The highest BCUT2D eigenvalue weighted by molar-refractivity contribution is 6.12. The summed E-state index contributed by atoms with van der Waals surface area (Å²) in [6.07, 6.45) is 0. The Bertz CT molecular complexity index is 2470. The molecule has 0 spiro atoms. The molecule has 9 aromatic rings. The maximum absolute atomic E-state index is 2.37. The lowest BCUT2D eigenvalue weighted by atomic mass is 9.96. The van der Waals surface area contributed by atoms with E-state index in [-0.39, 0.29) is 0 Å². The molecule has 46 heavy (non-hydrogen) atoms. The van der Waals surface area contributed by atoms with E-state index in [2.05, 4.69) is 191 Å². The number of para-hydroxylation sites is 4. The fourth-order valence-corrected chi connectivity index (χ4v) is 6.99. The Balaban J connectivity index is 1.14. The summed E-state index contributed by atoms with van der Waals surface area (Å²) < 4.78 is 2.37. The Hall–Kier alpha value is -6.12. The van der Waals surface area contributed by atoms with Crippen LogP contribution in [0.15, 0.2) is 182 Å². The maximum Gasteiger partial charge on any atom is 0.0541 e. The average molecular weight is 587 g/mol. The molecule has 2 heteroatoms. The van der Waals surface area contributed by atoms with Crippen LogP contribution in [0.2, 0.25) is 0 Å². The molecule has 216 valence electrons. The second-order valence-electron chi connectivity index (χ2n) is 11.8. The Labute approximate surface area is 268 Å². The second-order valence-corrected chi connectivity index (χ2v) is 11.8. The highest BCUT2D eigenvalue weighted by atomic mass is 15.1. The highest BCUT2D eigenvalue weighted by Gasteiger charge is 2.15. The molecule has 0 fully saturated rings. The summed E-state index contributed by atoms with van der Waals surface area (Å²) in [5, 5.41) is 7.53. The van der Waals surface area contributed by atoms with Crippen LogP contribution in [0.5, 0.6) is 0 Å². The third-order valence-electron chi connectivity index (χ3n) is 9.13. The summed E-state index contributed by atoms with van der Waals surface area (Å²) in [4.78, 5) is 2.32. The van der Waals surface area contributed by atoms with Gasteiger partial charge in [-0.1, -0.05) is 109 Å². The van der Waals surface area contributed by atoms with E-state index in [1.807, 2.05) is 0 Å². The van der Waals surface area contributed by atoms with Crippen molar-refractivity contribution in [2.75, 3.05) is 4.90 Å². The molecule has 0 aliphatic carbocycles. The van der Waals surface area contributed by atoms with Crippen molar-refractivity contribution >= 4 is 60.4 Å². The maximum atomic E-state index is 2.37. The number of hydrogen-bond acceptors (Lipinski definition) is 1. The van der Waals surface area contributed by atoms with Crippen LogP contribution in [0.1, 0.15) is 0 Å². The predicted octanol–water partition coefficient (Wildman–Crippen LogP) is 12.2. The molecular weight excluding hydrogens is 556 g/mol. The molecular formula is C44H30N2. The average Bonchev–Trinajstić information content (AvgIpc) is 3.46. The van der Waals surface area contributed by atoms with Crippen molar-refractivity contribution in [3.05, 3.63) is 182 Å². The van der Waals surface area contributed by atoms with Gasteiger partial charge in [0, 0.05) is 33.5 Å². The van der Waals surface area contributed by atoms with Crippen molar-refractivity contribution in [2.24, 2.45) is 0 Å². The molecule has 0 radical (unpaired) electrons. The van der Waals surface area contributed by atoms with Gasteiger partial charge in [-0.2, -0.15) is 0 Å². The Kier molecular flexibility index (Phi) is 6.17. The van der Waals surface area contributed by atoms with Gasteiger partial charge < -0.3 is 9.47 Å². The fraction of sp³-hybridized carbons (Fsp3) is 0. The third-order valence-corrected chi connectivity index (χ3v) is 9.13. The summed E-state index contributed by atoms with van der Waals surface area (Å²) in [7, 11) is 0. The predicted molar refractivity (Wildman–Crippen MR) is 196 cm³/mol. The number of fused-ring (bicyclic) bond motifs is 6. The molecule has 9 rings (SSSR count). The minimum atomic E-state index is 1.14. The van der Waals surface area contributed by atoms with Gasteiger partial charge in [0.25, 0.3) is 0 Å². The summed E-state index contributed by atoms with van der Waals surface area (Å²) in [6, 6.07) is 65.6. The minimum Gasteiger partial charge on any atom is -0.310 e. The zero-order valence-corrected chi connectivity index (χ0v) is 25.2. The Morgan fingerprint density at radius 1 is 0.326 bits per heavy atom. The number of nitrogens with zero attached hydrogens (tertiary/aromatic N) is 2. The van der Waals surface area contributed by atoms with E-state index >= 15 is 0 Å². The molecule has 0 amide bonds. The van der Waals surface area contributed by atoms with Crippen molar-refractivity contribution < 1.29 is 0 Å². The summed E-state index contributed by atoms with van der Waals surface area (Å²) in [5.74, 6) is 0. The zero-order valence-electron chi connectivity index (χ0n) is 25.2. The summed E-state index contributed by atoms with van der Waals surface area (Å²) in [5.41, 5.74) is 9.50. The van der Waals surface area contributed by atoms with Crippen molar-refractivity contribution in [1.82, 2.24) is 4.57 Å². The van der Waals surface area contributed by atoms with Crippen molar-refractivity contribution in [1.29, 1.82) is 0 Å². The molecule has 0 saturated heterocycles. The normalized spacial score (nSPS) is 11.5. The van der Waals surface area contributed by atoms with Crippen molar-refractivity contribution in [3.8, 4) is 16.8 Å². The Morgan fingerprint density at radius 3 is 1.59 bits per heavy atom. The monoisotopic (exact) mass is 586 g/mol. The minimum absolute atomic E-state index is 1.14. The van der Waals surface area contributed by atoms with Gasteiger partial charge in [-0.3, -0.25) is 0 Å². The molecule has 2 nitrogen and oxygen atoms in total. The van der Waals surface area contributed by atoms with Gasteiger partial charge in [0.05, 0.1) is 11.0 Å². The highest BCUT2D eigenvalue weighted by Crippen LogP contribution is 2.39. The standard InChI is InChI=1S/C44H30N2/c1-4-12-35(13-5-1)45(36-14-6-2-7-15-36)38-24-26-40-34(29-38)21-20-33-28-31(22-25-39(33)40)32-23-27-44-42(30-32)41-18-10-11-19-43(41)46(44)37-16-8-3-9-17-37/h1-30H. The van der Waals surface area contributed by atoms with Crippen LogP contribution in [-0.4, -0.2) is 4.57 Å². The molecule has 0 atom stereocenters. The van der Waals surface area contributed by atoms with Crippen LogP contribution < -0.4 is 4.90 Å². The molecule has 0 aliphatic rings. The molecule has 0 bridgehead atoms. The van der Waals surface area contributed by atoms with Crippen LogP contribution in [0.25, 0.3) is 60.2 Å². The summed E-state index contributed by atoms with van der Waals surface area (Å²) in [6.45, 7) is 0. The third kappa shape index (κ3) is 4.35. The first-order chi connectivity index (χ1) is 22.8. The van der Waals surface area contributed by atoms with Gasteiger partial charge in [0.1, 0.15) is 0 Å². The van der Waals surface area contributed by atoms with Crippen LogP contribution in [-0.2, 0) is 0 Å².